The topological polar surface area (TPSA) is 80.8 Å². The third kappa shape index (κ3) is 2.03. The molecule has 0 aliphatic heterocycles. The number of aromatic nitrogens is 4. The first-order valence-corrected chi connectivity index (χ1v) is 5.64. The van der Waals surface area contributed by atoms with E-state index in [-0.39, 0.29) is 6.01 Å². The third-order valence-electron chi connectivity index (χ3n) is 2.71. The van der Waals surface area contributed by atoms with Crippen molar-refractivity contribution < 1.29 is 4.74 Å². The molecule has 0 amide bonds. The molecule has 0 radical (unpaired) electrons. The van der Waals surface area contributed by atoms with E-state index in [1.54, 1.807) is 6.20 Å². The van der Waals surface area contributed by atoms with Crippen LogP contribution in [0, 0.1) is 0 Å². The first kappa shape index (κ1) is 11.3. The average molecular weight is 254 g/mol. The number of aromatic amines is 1. The summed E-state index contributed by atoms with van der Waals surface area (Å²) in [6.45, 7) is 0. The van der Waals surface area contributed by atoms with Crippen LogP contribution >= 0.6 is 0 Å². The average Bonchev–Trinajstić information content (AvgIpc) is 2.46. The predicted molar refractivity (Wildman–Crippen MR) is 69.9 cm³/mol. The van der Waals surface area contributed by atoms with Gasteiger partial charge in [0.15, 0.2) is 0 Å². The lowest BCUT2D eigenvalue weighted by Gasteiger charge is -2.05. The van der Waals surface area contributed by atoms with Gasteiger partial charge < -0.3 is 4.74 Å². The van der Waals surface area contributed by atoms with Gasteiger partial charge >= 0.3 is 11.7 Å². The number of fused-ring (bicyclic) bond motifs is 1. The lowest BCUT2D eigenvalue weighted by molar-refractivity contribution is 0.377. The Bertz CT molecular complexity index is 793. The number of rotatable bonds is 2. The summed E-state index contributed by atoms with van der Waals surface area (Å²) < 4.78 is 4.91. The molecule has 0 unspecified atom stereocenters. The molecule has 0 spiro atoms. The summed E-state index contributed by atoms with van der Waals surface area (Å²) in [5.74, 6) is 0.412. The van der Waals surface area contributed by atoms with Gasteiger partial charge in [0.2, 0.25) is 0 Å². The number of benzene rings is 1. The molecule has 19 heavy (non-hydrogen) atoms. The second-order valence-electron chi connectivity index (χ2n) is 3.86. The van der Waals surface area contributed by atoms with Crippen molar-refractivity contribution in [1.29, 1.82) is 0 Å². The van der Waals surface area contributed by atoms with Crippen molar-refractivity contribution in [2.45, 2.75) is 0 Å². The number of nitrogens with one attached hydrogen (secondary N) is 1. The van der Waals surface area contributed by atoms with Crippen molar-refractivity contribution in [1.82, 2.24) is 19.9 Å². The molecule has 6 heteroatoms. The zero-order chi connectivity index (χ0) is 13.2. The third-order valence-corrected chi connectivity index (χ3v) is 2.71. The Morgan fingerprint density at radius 1 is 1.16 bits per heavy atom. The Labute approximate surface area is 108 Å². The second-order valence-corrected chi connectivity index (χ2v) is 3.86. The van der Waals surface area contributed by atoms with E-state index in [4.69, 9.17) is 4.74 Å². The number of ether oxygens (including phenoxy) is 1. The van der Waals surface area contributed by atoms with Crippen LogP contribution in [0.15, 0.2) is 41.3 Å². The standard InChI is InChI=1S/C13H10N4O2/c1-19-13-16-11(15-12(18)17-13)9-4-2-6-10-8(9)5-3-7-14-10/h2-7H,1H3,(H,15,16,17,18). The van der Waals surface area contributed by atoms with Gasteiger partial charge in [0, 0.05) is 17.1 Å². The minimum absolute atomic E-state index is 0.0413. The van der Waals surface area contributed by atoms with Gasteiger partial charge in [0.25, 0.3) is 0 Å². The minimum Gasteiger partial charge on any atom is -0.467 e. The Balaban J connectivity index is 2.30. The van der Waals surface area contributed by atoms with Crippen LogP contribution in [0.1, 0.15) is 0 Å². The van der Waals surface area contributed by atoms with Crippen molar-refractivity contribution in [3.63, 3.8) is 0 Å². The van der Waals surface area contributed by atoms with E-state index in [0.717, 1.165) is 16.5 Å². The fraction of sp³-hybridized carbons (Fsp3) is 0.0769. The van der Waals surface area contributed by atoms with Gasteiger partial charge in [-0.1, -0.05) is 18.2 Å². The number of H-pyrrole nitrogens is 1. The highest BCUT2D eigenvalue weighted by molar-refractivity contribution is 5.92. The first-order valence-electron chi connectivity index (χ1n) is 5.64. The van der Waals surface area contributed by atoms with Crippen LogP contribution in [0.4, 0.5) is 0 Å². The monoisotopic (exact) mass is 254 g/mol. The highest BCUT2D eigenvalue weighted by atomic mass is 16.5. The molecular weight excluding hydrogens is 244 g/mol. The fourth-order valence-corrected chi connectivity index (χ4v) is 1.89. The van der Waals surface area contributed by atoms with Crippen molar-refractivity contribution in [3.05, 3.63) is 47.0 Å². The van der Waals surface area contributed by atoms with E-state index >= 15 is 0 Å². The molecule has 0 atom stereocenters. The molecule has 1 N–H and O–H groups in total. The molecule has 2 heterocycles. The zero-order valence-corrected chi connectivity index (χ0v) is 10.1. The number of hydrogen-bond acceptors (Lipinski definition) is 5. The summed E-state index contributed by atoms with van der Waals surface area (Å²) in [7, 11) is 1.42. The van der Waals surface area contributed by atoms with E-state index < -0.39 is 5.69 Å². The van der Waals surface area contributed by atoms with E-state index in [0.29, 0.717) is 5.82 Å². The second kappa shape index (κ2) is 4.49. The van der Waals surface area contributed by atoms with Gasteiger partial charge in [0.1, 0.15) is 5.82 Å². The molecule has 0 saturated carbocycles. The van der Waals surface area contributed by atoms with Crippen LogP contribution in [0.5, 0.6) is 6.01 Å². The lowest BCUT2D eigenvalue weighted by atomic mass is 10.1. The minimum atomic E-state index is -0.497. The molecule has 0 saturated heterocycles. The van der Waals surface area contributed by atoms with E-state index in [1.165, 1.54) is 7.11 Å². The Morgan fingerprint density at radius 2 is 2.05 bits per heavy atom. The maximum Gasteiger partial charge on any atom is 0.351 e. The van der Waals surface area contributed by atoms with Crippen LogP contribution in [-0.4, -0.2) is 27.0 Å². The highest BCUT2D eigenvalue weighted by Crippen LogP contribution is 2.24. The molecule has 0 bridgehead atoms. The van der Waals surface area contributed by atoms with Gasteiger partial charge in [-0.2, -0.15) is 4.98 Å². The van der Waals surface area contributed by atoms with Crippen LogP contribution in [0.2, 0.25) is 0 Å². The van der Waals surface area contributed by atoms with Crippen LogP contribution in [-0.2, 0) is 0 Å². The number of nitrogens with zero attached hydrogens (tertiary/aromatic N) is 3. The summed E-state index contributed by atoms with van der Waals surface area (Å²) in [5, 5.41) is 0.904. The Kier molecular flexibility index (Phi) is 2.68. The van der Waals surface area contributed by atoms with Crippen LogP contribution in [0.3, 0.4) is 0 Å². The van der Waals surface area contributed by atoms with Crippen molar-refractivity contribution in [3.8, 4) is 17.4 Å². The zero-order valence-electron chi connectivity index (χ0n) is 10.1. The molecule has 0 aliphatic carbocycles. The van der Waals surface area contributed by atoms with Crippen LogP contribution < -0.4 is 10.4 Å². The maximum atomic E-state index is 11.5. The number of pyridine rings is 1. The van der Waals surface area contributed by atoms with Gasteiger partial charge in [-0.05, 0) is 12.1 Å². The Morgan fingerprint density at radius 3 is 2.89 bits per heavy atom. The normalized spacial score (nSPS) is 10.6. The summed E-state index contributed by atoms with van der Waals surface area (Å²) in [6, 6.07) is 9.42. The lowest BCUT2D eigenvalue weighted by Crippen LogP contribution is -2.14. The van der Waals surface area contributed by atoms with E-state index in [9.17, 15) is 4.79 Å². The Hall–Kier alpha value is -2.76. The van der Waals surface area contributed by atoms with Gasteiger partial charge in [-0.25, -0.2) is 4.79 Å². The van der Waals surface area contributed by atoms with Crippen LogP contribution in [0.25, 0.3) is 22.3 Å². The first-order chi connectivity index (χ1) is 9.28. The van der Waals surface area contributed by atoms with Gasteiger partial charge in [-0.15, -0.1) is 4.98 Å². The van der Waals surface area contributed by atoms with E-state index in [1.807, 2.05) is 30.3 Å². The highest BCUT2D eigenvalue weighted by Gasteiger charge is 2.09. The van der Waals surface area contributed by atoms with Crippen molar-refractivity contribution in [2.24, 2.45) is 0 Å². The number of hydrogen-bond donors (Lipinski definition) is 1. The molecule has 0 fully saturated rings. The maximum absolute atomic E-state index is 11.5. The predicted octanol–water partition coefficient (Wildman–Crippen LogP) is 1.39. The summed E-state index contributed by atoms with van der Waals surface area (Å²) in [6.07, 6.45) is 1.72. The molecular formula is C13H10N4O2. The molecule has 0 aliphatic rings. The molecule has 1 aromatic carbocycles. The van der Waals surface area contributed by atoms with E-state index in [2.05, 4.69) is 19.9 Å². The molecule has 2 aromatic heterocycles. The largest absolute Gasteiger partial charge is 0.467 e. The molecule has 6 nitrogen and oxygen atoms in total. The summed E-state index contributed by atoms with van der Waals surface area (Å²) >= 11 is 0. The molecule has 3 rings (SSSR count). The van der Waals surface area contributed by atoms with Crippen molar-refractivity contribution in [2.75, 3.05) is 7.11 Å². The van der Waals surface area contributed by atoms with Gasteiger partial charge in [-0.3, -0.25) is 9.97 Å². The quantitative estimate of drug-likeness (QED) is 0.747. The summed E-state index contributed by atoms with van der Waals surface area (Å²) in [4.78, 5) is 26.1. The molecule has 94 valence electrons. The summed E-state index contributed by atoms with van der Waals surface area (Å²) in [5.41, 5.74) is 1.12. The van der Waals surface area contributed by atoms with Crippen molar-refractivity contribution >= 4 is 10.9 Å². The number of methoxy groups -OCH3 is 1. The smallest absolute Gasteiger partial charge is 0.351 e. The van der Waals surface area contributed by atoms with Gasteiger partial charge in [0.05, 0.1) is 12.6 Å². The molecule has 3 aromatic rings. The fourth-order valence-electron chi connectivity index (χ4n) is 1.89. The SMILES string of the molecule is COc1nc(-c2cccc3ncccc23)[nH]c(=O)n1.